The lowest BCUT2D eigenvalue weighted by atomic mass is 9.95. The van der Waals surface area contributed by atoms with Crippen molar-refractivity contribution in [2.24, 2.45) is 21.9 Å². The lowest BCUT2D eigenvalue weighted by molar-refractivity contribution is 0.249. The van der Waals surface area contributed by atoms with E-state index in [0.717, 1.165) is 0 Å². The van der Waals surface area contributed by atoms with Crippen LogP contribution in [0, 0.1) is 5.41 Å². The van der Waals surface area contributed by atoms with Gasteiger partial charge in [0, 0.05) is 12.0 Å². The van der Waals surface area contributed by atoms with E-state index in [2.05, 4.69) is 10.3 Å². The van der Waals surface area contributed by atoms with E-state index in [1.165, 1.54) is 0 Å². The quantitative estimate of drug-likeness (QED) is 0.330. The van der Waals surface area contributed by atoms with Gasteiger partial charge < -0.3 is 16.8 Å². The Balaban J connectivity index is 3.79. The van der Waals surface area contributed by atoms with Crippen LogP contribution in [0.25, 0.3) is 0 Å². The minimum Gasteiger partial charge on any atom is -0.387 e. The normalized spacial score (nSPS) is 12.7. The Labute approximate surface area is 78.6 Å². The van der Waals surface area contributed by atoms with Crippen LogP contribution < -0.4 is 16.8 Å². The molecule has 0 fully saturated rings. The van der Waals surface area contributed by atoms with Crippen LogP contribution >= 0.6 is 0 Å². The lowest BCUT2D eigenvalue weighted by Crippen LogP contribution is -2.33. The summed E-state index contributed by atoms with van der Waals surface area (Å²) < 4.78 is 0. The van der Waals surface area contributed by atoms with Crippen LogP contribution in [0.15, 0.2) is 4.99 Å². The molecule has 0 aliphatic carbocycles. The van der Waals surface area contributed by atoms with Gasteiger partial charge in [0.2, 0.25) is 0 Å². The number of amidine groups is 1. The van der Waals surface area contributed by atoms with Crippen LogP contribution in [0.1, 0.15) is 20.8 Å². The molecule has 0 saturated carbocycles. The molecule has 0 unspecified atom stereocenters. The number of hydrogen-bond donors (Lipinski definition) is 3. The number of primary amides is 1. The third kappa shape index (κ3) is 5.95. The lowest BCUT2D eigenvalue weighted by Gasteiger charge is -2.17. The Hall–Kier alpha value is -1.26. The summed E-state index contributed by atoms with van der Waals surface area (Å²) in [5, 5.41) is 2.43. The van der Waals surface area contributed by atoms with Crippen molar-refractivity contribution in [3.8, 4) is 0 Å². The van der Waals surface area contributed by atoms with Crippen molar-refractivity contribution < 1.29 is 4.79 Å². The second-order valence-corrected chi connectivity index (χ2v) is 3.81. The fourth-order valence-electron chi connectivity index (χ4n) is 0.593. The maximum atomic E-state index is 10.3. The third-order valence-corrected chi connectivity index (χ3v) is 1.46. The number of urea groups is 1. The van der Waals surface area contributed by atoms with Gasteiger partial charge in [-0.25, -0.2) is 4.79 Å². The van der Waals surface area contributed by atoms with Crippen molar-refractivity contribution in [2.45, 2.75) is 20.8 Å². The highest BCUT2D eigenvalue weighted by atomic mass is 16.2. The summed E-state index contributed by atoms with van der Waals surface area (Å²) in [7, 11) is 0. The zero-order valence-electron chi connectivity index (χ0n) is 8.42. The van der Waals surface area contributed by atoms with Crippen LogP contribution in [-0.2, 0) is 0 Å². The van der Waals surface area contributed by atoms with Crippen LogP contribution in [-0.4, -0.2) is 25.0 Å². The maximum absolute atomic E-state index is 10.3. The van der Waals surface area contributed by atoms with Gasteiger partial charge in [-0.05, 0) is 0 Å². The van der Waals surface area contributed by atoms with Crippen molar-refractivity contribution in [2.75, 3.05) is 13.1 Å². The number of rotatable bonds is 3. The molecule has 0 heterocycles. The van der Waals surface area contributed by atoms with Crippen molar-refractivity contribution in [3.63, 3.8) is 0 Å². The van der Waals surface area contributed by atoms with Crippen LogP contribution in [0.5, 0.6) is 0 Å². The van der Waals surface area contributed by atoms with Gasteiger partial charge in [-0.3, -0.25) is 4.99 Å². The summed E-state index contributed by atoms with van der Waals surface area (Å²) in [4.78, 5) is 14.4. The predicted octanol–water partition coefficient (Wildman–Crippen LogP) is 0.0580. The number of carbonyl (C=O) groups excluding carboxylic acids is 1. The molecular formula is C8H18N4O. The highest BCUT2D eigenvalue weighted by molar-refractivity contribution is 5.85. The van der Waals surface area contributed by atoms with Crippen LogP contribution in [0.4, 0.5) is 4.79 Å². The monoisotopic (exact) mass is 186 g/mol. The summed E-state index contributed by atoms with van der Waals surface area (Å²) in [5.74, 6) is 0.582. The molecule has 5 nitrogen and oxygen atoms in total. The van der Waals surface area contributed by atoms with E-state index in [0.29, 0.717) is 18.9 Å². The molecule has 0 aromatic rings. The van der Waals surface area contributed by atoms with Crippen molar-refractivity contribution >= 4 is 11.9 Å². The van der Waals surface area contributed by atoms with Crippen molar-refractivity contribution in [3.05, 3.63) is 0 Å². The number of carbonyl (C=O) groups is 1. The standard InChI is InChI=1S/C8H18N4O/c1-8(2,3)6(9)11-4-5-12-7(10)13/h4-5H2,1-3H3,(H2,9,11)(H3,10,12,13). The summed E-state index contributed by atoms with van der Waals surface area (Å²) in [6.07, 6.45) is 0. The molecule has 0 spiro atoms. The molecule has 5 N–H and O–H groups in total. The SMILES string of the molecule is CC(C)(C)C(N)=NCCNC(N)=O. The zero-order valence-corrected chi connectivity index (χ0v) is 8.42. The number of amides is 2. The number of nitrogens with zero attached hydrogens (tertiary/aromatic N) is 1. The Morgan fingerprint density at radius 3 is 2.31 bits per heavy atom. The van der Waals surface area contributed by atoms with E-state index in [9.17, 15) is 4.79 Å². The van der Waals surface area contributed by atoms with Gasteiger partial charge in [0.1, 0.15) is 0 Å². The fraction of sp³-hybridized carbons (Fsp3) is 0.750. The molecule has 0 saturated heterocycles. The second-order valence-electron chi connectivity index (χ2n) is 3.81. The van der Waals surface area contributed by atoms with Gasteiger partial charge in [0.15, 0.2) is 0 Å². The number of aliphatic imine (C=N–C) groups is 1. The van der Waals surface area contributed by atoms with E-state index >= 15 is 0 Å². The molecule has 0 bridgehead atoms. The first kappa shape index (κ1) is 11.7. The van der Waals surface area contributed by atoms with Gasteiger partial charge >= 0.3 is 6.03 Å². The number of nitrogens with two attached hydrogens (primary N) is 2. The molecule has 13 heavy (non-hydrogen) atoms. The molecule has 5 heteroatoms. The topological polar surface area (TPSA) is 93.5 Å². The highest BCUT2D eigenvalue weighted by Crippen LogP contribution is 2.12. The Bertz CT molecular complexity index is 205. The predicted molar refractivity (Wildman–Crippen MR) is 53.5 cm³/mol. The Kier molecular flexibility index (Phi) is 4.23. The van der Waals surface area contributed by atoms with Gasteiger partial charge in [0.05, 0.1) is 12.4 Å². The van der Waals surface area contributed by atoms with E-state index in [1.807, 2.05) is 20.8 Å². The molecule has 0 aromatic carbocycles. The van der Waals surface area contributed by atoms with E-state index < -0.39 is 6.03 Å². The first-order chi connectivity index (χ1) is 5.84. The fourth-order valence-corrected chi connectivity index (χ4v) is 0.593. The van der Waals surface area contributed by atoms with E-state index in [1.54, 1.807) is 0 Å². The molecule has 0 aromatic heterocycles. The molecule has 0 aliphatic rings. The molecule has 76 valence electrons. The summed E-state index contributed by atoms with van der Waals surface area (Å²) in [6, 6.07) is -0.537. The first-order valence-electron chi connectivity index (χ1n) is 4.17. The van der Waals surface area contributed by atoms with Crippen molar-refractivity contribution in [1.29, 1.82) is 0 Å². The van der Waals surface area contributed by atoms with Crippen LogP contribution in [0.3, 0.4) is 0 Å². The van der Waals surface area contributed by atoms with E-state index in [4.69, 9.17) is 11.5 Å². The van der Waals surface area contributed by atoms with Gasteiger partial charge in [-0.1, -0.05) is 20.8 Å². The summed E-state index contributed by atoms with van der Waals surface area (Å²) in [5.41, 5.74) is 10.4. The average molecular weight is 186 g/mol. The first-order valence-corrected chi connectivity index (χ1v) is 4.17. The molecule has 0 rings (SSSR count). The van der Waals surface area contributed by atoms with Crippen molar-refractivity contribution in [1.82, 2.24) is 5.32 Å². The molecule has 0 aliphatic heterocycles. The molecule has 0 atom stereocenters. The van der Waals surface area contributed by atoms with E-state index in [-0.39, 0.29) is 5.41 Å². The third-order valence-electron chi connectivity index (χ3n) is 1.46. The Morgan fingerprint density at radius 1 is 1.38 bits per heavy atom. The minimum atomic E-state index is -0.537. The Morgan fingerprint density at radius 2 is 1.92 bits per heavy atom. The number of hydrogen-bond acceptors (Lipinski definition) is 2. The van der Waals surface area contributed by atoms with Crippen LogP contribution in [0.2, 0.25) is 0 Å². The summed E-state index contributed by atoms with van der Waals surface area (Å²) >= 11 is 0. The van der Waals surface area contributed by atoms with Gasteiger partial charge in [0.25, 0.3) is 0 Å². The summed E-state index contributed by atoms with van der Waals surface area (Å²) in [6.45, 7) is 6.83. The van der Waals surface area contributed by atoms with Gasteiger partial charge in [-0.2, -0.15) is 0 Å². The molecule has 0 radical (unpaired) electrons. The average Bonchev–Trinajstić information content (AvgIpc) is 1.95. The van der Waals surface area contributed by atoms with Gasteiger partial charge in [-0.15, -0.1) is 0 Å². The molecule has 2 amide bonds. The maximum Gasteiger partial charge on any atom is 0.312 e. The second kappa shape index (κ2) is 4.69. The minimum absolute atomic E-state index is 0.118. The number of nitrogens with one attached hydrogen (secondary N) is 1. The zero-order chi connectivity index (χ0) is 10.5. The molecular weight excluding hydrogens is 168 g/mol. The largest absolute Gasteiger partial charge is 0.387 e. The highest BCUT2D eigenvalue weighted by Gasteiger charge is 2.14. The smallest absolute Gasteiger partial charge is 0.312 e.